The molecule has 0 spiro atoms. The van der Waals surface area contributed by atoms with Crippen molar-refractivity contribution in [1.82, 2.24) is 4.90 Å². The molecule has 0 saturated carbocycles. The number of nitrogens with zero attached hydrogens (tertiary/aromatic N) is 1. The van der Waals surface area contributed by atoms with E-state index in [-0.39, 0.29) is 11.9 Å². The summed E-state index contributed by atoms with van der Waals surface area (Å²) in [6.07, 6.45) is 0.924. The first-order chi connectivity index (χ1) is 8.61. The van der Waals surface area contributed by atoms with Gasteiger partial charge in [-0.05, 0) is 24.1 Å². The first-order valence-electron chi connectivity index (χ1n) is 6.27. The minimum atomic E-state index is 0.0102. The summed E-state index contributed by atoms with van der Waals surface area (Å²) in [4.78, 5) is 13.1. The van der Waals surface area contributed by atoms with Gasteiger partial charge in [0, 0.05) is 32.0 Å². The van der Waals surface area contributed by atoms with Crippen molar-refractivity contribution in [3.05, 3.63) is 29.8 Å². The predicted molar refractivity (Wildman–Crippen MR) is 70.6 cm³/mol. The molecule has 1 aliphatic heterocycles. The van der Waals surface area contributed by atoms with Gasteiger partial charge in [0.05, 0.1) is 7.11 Å². The molecule has 1 amide bonds. The molecule has 1 fully saturated rings. The molecule has 1 aromatic rings. The summed E-state index contributed by atoms with van der Waals surface area (Å²) in [5.41, 5.74) is 7.41. The summed E-state index contributed by atoms with van der Waals surface area (Å²) >= 11 is 0. The Kier molecular flexibility index (Phi) is 3.87. The van der Waals surface area contributed by atoms with Crippen LogP contribution in [0.4, 0.5) is 0 Å². The Hall–Kier alpha value is -1.55. The van der Waals surface area contributed by atoms with Crippen LogP contribution in [0.1, 0.15) is 24.8 Å². The number of hydrogen-bond acceptors (Lipinski definition) is 3. The van der Waals surface area contributed by atoms with Gasteiger partial charge in [0.15, 0.2) is 0 Å². The van der Waals surface area contributed by atoms with E-state index in [1.807, 2.05) is 17.0 Å². The number of piperidine rings is 1. The van der Waals surface area contributed by atoms with E-state index in [0.29, 0.717) is 12.5 Å². The lowest BCUT2D eigenvalue weighted by Gasteiger charge is -2.36. The van der Waals surface area contributed by atoms with E-state index in [2.05, 4.69) is 12.1 Å². The Balaban J connectivity index is 2.07. The van der Waals surface area contributed by atoms with Crippen LogP contribution in [0, 0.1) is 0 Å². The first kappa shape index (κ1) is 12.9. The van der Waals surface area contributed by atoms with E-state index < -0.39 is 0 Å². The number of carbonyl (C=O) groups is 1. The Morgan fingerprint density at radius 2 is 2.06 bits per heavy atom. The second-order valence-electron chi connectivity index (χ2n) is 4.80. The van der Waals surface area contributed by atoms with Crippen LogP contribution in [-0.2, 0) is 4.79 Å². The largest absolute Gasteiger partial charge is 0.497 e. The van der Waals surface area contributed by atoms with Crippen LogP contribution in [0.15, 0.2) is 24.3 Å². The number of carbonyl (C=O) groups excluding carboxylic acids is 1. The fraction of sp³-hybridized carbons (Fsp3) is 0.500. The fourth-order valence-electron chi connectivity index (χ4n) is 2.53. The maximum atomic E-state index is 11.3. The molecule has 1 unspecified atom stereocenters. The van der Waals surface area contributed by atoms with E-state index in [1.54, 1.807) is 14.0 Å². The Bertz CT molecular complexity index is 416. The molecule has 1 aromatic carbocycles. The van der Waals surface area contributed by atoms with Crippen LogP contribution >= 0.6 is 0 Å². The molecule has 0 bridgehead atoms. The van der Waals surface area contributed by atoms with Crippen LogP contribution in [0.25, 0.3) is 0 Å². The van der Waals surface area contributed by atoms with Crippen LogP contribution in [0.3, 0.4) is 0 Å². The molecule has 4 heteroatoms. The molecular formula is C14H20N2O2. The van der Waals surface area contributed by atoms with Gasteiger partial charge in [-0.25, -0.2) is 0 Å². The summed E-state index contributed by atoms with van der Waals surface area (Å²) in [7, 11) is 1.66. The number of nitrogens with two attached hydrogens (primary N) is 1. The standard InChI is InChI=1S/C14H20N2O2/c1-10(17)16-8-7-13(14(15)9-16)11-3-5-12(18-2)6-4-11/h3-6,13-14H,7-9,15H2,1-2H3/t13?,14-/m1/s1. The molecular weight excluding hydrogens is 228 g/mol. The van der Waals surface area contributed by atoms with Gasteiger partial charge >= 0.3 is 0 Å². The van der Waals surface area contributed by atoms with Crippen LogP contribution in [0.2, 0.25) is 0 Å². The predicted octanol–water partition coefficient (Wildman–Crippen LogP) is 1.36. The molecule has 0 aromatic heterocycles. The smallest absolute Gasteiger partial charge is 0.219 e. The third kappa shape index (κ3) is 2.64. The van der Waals surface area contributed by atoms with Crippen LogP contribution in [0.5, 0.6) is 5.75 Å². The molecule has 0 radical (unpaired) electrons. The molecule has 1 saturated heterocycles. The van der Waals surface area contributed by atoms with Crippen molar-refractivity contribution in [2.45, 2.75) is 25.3 Å². The average molecular weight is 248 g/mol. The van der Waals surface area contributed by atoms with Crippen molar-refractivity contribution in [2.24, 2.45) is 5.73 Å². The zero-order chi connectivity index (χ0) is 13.1. The van der Waals surface area contributed by atoms with Gasteiger partial charge in [0.1, 0.15) is 5.75 Å². The van der Waals surface area contributed by atoms with E-state index in [1.165, 1.54) is 5.56 Å². The summed E-state index contributed by atoms with van der Waals surface area (Å²) in [5.74, 6) is 1.29. The van der Waals surface area contributed by atoms with Crippen LogP contribution in [-0.4, -0.2) is 37.0 Å². The summed E-state index contributed by atoms with van der Waals surface area (Å²) in [5, 5.41) is 0. The number of hydrogen-bond donors (Lipinski definition) is 1. The van der Waals surface area contributed by atoms with E-state index in [9.17, 15) is 4.79 Å². The first-order valence-corrected chi connectivity index (χ1v) is 6.27. The van der Waals surface area contributed by atoms with Gasteiger partial charge in [-0.15, -0.1) is 0 Å². The highest BCUT2D eigenvalue weighted by Gasteiger charge is 2.28. The van der Waals surface area contributed by atoms with Gasteiger partial charge in [-0.3, -0.25) is 4.79 Å². The van der Waals surface area contributed by atoms with Crippen molar-refractivity contribution in [2.75, 3.05) is 20.2 Å². The third-order valence-corrected chi connectivity index (χ3v) is 3.65. The minimum Gasteiger partial charge on any atom is -0.497 e. The second-order valence-corrected chi connectivity index (χ2v) is 4.80. The topological polar surface area (TPSA) is 55.6 Å². The van der Waals surface area contributed by atoms with E-state index in [4.69, 9.17) is 10.5 Å². The Morgan fingerprint density at radius 3 is 2.56 bits per heavy atom. The number of benzene rings is 1. The molecule has 0 aliphatic carbocycles. The summed E-state index contributed by atoms with van der Waals surface area (Å²) in [6.45, 7) is 3.03. The number of rotatable bonds is 2. The fourth-order valence-corrected chi connectivity index (χ4v) is 2.53. The van der Waals surface area contributed by atoms with E-state index >= 15 is 0 Å². The monoisotopic (exact) mass is 248 g/mol. The molecule has 2 atom stereocenters. The number of likely N-dealkylation sites (tertiary alicyclic amines) is 1. The zero-order valence-electron chi connectivity index (χ0n) is 10.9. The van der Waals surface area contributed by atoms with Crippen LogP contribution < -0.4 is 10.5 Å². The minimum absolute atomic E-state index is 0.0102. The highest BCUT2D eigenvalue weighted by atomic mass is 16.5. The molecule has 18 heavy (non-hydrogen) atoms. The zero-order valence-corrected chi connectivity index (χ0v) is 10.9. The van der Waals surface area contributed by atoms with E-state index in [0.717, 1.165) is 18.7 Å². The SMILES string of the molecule is COc1ccc(C2CCN(C(C)=O)C[C@H]2N)cc1. The molecule has 98 valence electrons. The Labute approximate surface area is 108 Å². The van der Waals surface area contributed by atoms with Crippen molar-refractivity contribution in [3.8, 4) is 5.75 Å². The van der Waals surface area contributed by atoms with Gasteiger partial charge in [0.25, 0.3) is 0 Å². The van der Waals surface area contributed by atoms with Crippen molar-refractivity contribution >= 4 is 5.91 Å². The molecule has 4 nitrogen and oxygen atoms in total. The summed E-state index contributed by atoms with van der Waals surface area (Å²) in [6, 6.07) is 8.05. The highest BCUT2D eigenvalue weighted by Crippen LogP contribution is 2.28. The van der Waals surface area contributed by atoms with Crippen molar-refractivity contribution < 1.29 is 9.53 Å². The third-order valence-electron chi connectivity index (χ3n) is 3.65. The lowest BCUT2D eigenvalue weighted by molar-refractivity contribution is -0.130. The average Bonchev–Trinajstić information content (AvgIpc) is 2.38. The van der Waals surface area contributed by atoms with Gasteiger partial charge in [-0.1, -0.05) is 12.1 Å². The highest BCUT2D eigenvalue weighted by molar-refractivity contribution is 5.73. The maximum absolute atomic E-state index is 11.3. The maximum Gasteiger partial charge on any atom is 0.219 e. The van der Waals surface area contributed by atoms with Gasteiger partial charge in [-0.2, -0.15) is 0 Å². The Morgan fingerprint density at radius 1 is 1.39 bits per heavy atom. The normalized spacial score (nSPS) is 23.8. The lowest BCUT2D eigenvalue weighted by atomic mass is 9.86. The second kappa shape index (κ2) is 5.40. The lowest BCUT2D eigenvalue weighted by Crippen LogP contribution is -2.48. The number of amides is 1. The number of methoxy groups -OCH3 is 1. The van der Waals surface area contributed by atoms with Crippen molar-refractivity contribution in [1.29, 1.82) is 0 Å². The van der Waals surface area contributed by atoms with Gasteiger partial charge in [0.2, 0.25) is 5.91 Å². The molecule has 2 N–H and O–H groups in total. The summed E-state index contributed by atoms with van der Waals surface area (Å²) < 4.78 is 5.15. The van der Waals surface area contributed by atoms with Crippen molar-refractivity contribution in [3.63, 3.8) is 0 Å². The molecule has 1 heterocycles. The van der Waals surface area contributed by atoms with Gasteiger partial charge < -0.3 is 15.4 Å². The molecule has 2 rings (SSSR count). The molecule has 1 aliphatic rings. The quantitative estimate of drug-likeness (QED) is 0.859. The number of ether oxygens (including phenoxy) is 1.